The number of nitrogens with one attached hydrogen (secondary N) is 2. The molecule has 0 spiro atoms. The second-order valence-corrected chi connectivity index (χ2v) is 5.86. The number of guanidine groups is 1. The van der Waals surface area contributed by atoms with Crippen LogP contribution in [0.3, 0.4) is 0 Å². The summed E-state index contributed by atoms with van der Waals surface area (Å²) in [6.07, 6.45) is 0.718. The van der Waals surface area contributed by atoms with Gasteiger partial charge in [0, 0.05) is 40.3 Å². The van der Waals surface area contributed by atoms with Crippen LogP contribution < -0.4 is 15.5 Å². The highest BCUT2D eigenvalue weighted by molar-refractivity contribution is 5.86. The standard InChI is InChI=1S/C16H23F2N5O/c1-19-16(20-9-14(24)22(2)3)21-11-7-8-23(10-11)15-12(17)5-4-6-13(15)18/h4-6,11H,7-10H2,1-3H3,(H2,19,20,21). The number of para-hydroxylation sites is 1. The number of carbonyl (C=O) groups is 1. The number of likely N-dealkylation sites (N-methyl/N-ethyl adjacent to an activating group) is 1. The highest BCUT2D eigenvalue weighted by Gasteiger charge is 2.27. The molecule has 2 rings (SSSR count). The number of aliphatic imine (C=N–C) groups is 1. The first-order chi connectivity index (χ1) is 11.4. The monoisotopic (exact) mass is 339 g/mol. The van der Waals surface area contributed by atoms with Gasteiger partial charge in [-0.2, -0.15) is 0 Å². The first kappa shape index (κ1) is 18.0. The number of carbonyl (C=O) groups excluding carboxylic acids is 1. The number of benzene rings is 1. The van der Waals surface area contributed by atoms with Gasteiger partial charge in [-0.25, -0.2) is 8.78 Å². The zero-order chi connectivity index (χ0) is 17.7. The summed E-state index contributed by atoms with van der Waals surface area (Å²) < 4.78 is 27.7. The van der Waals surface area contributed by atoms with E-state index < -0.39 is 11.6 Å². The van der Waals surface area contributed by atoms with Crippen LogP contribution in [0.2, 0.25) is 0 Å². The Bertz CT molecular complexity index is 600. The second kappa shape index (κ2) is 7.94. The minimum absolute atomic E-state index is 0.00697. The maximum atomic E-state index is 13.9. The van der Waals surface area contributed by atoms with Gasteiger partial charge < -0.3 is 20.4 Å². The molecule has 1 heterocycles. The van der Waals surface area contributed by atoms with Gasteiger partial charge in [0.2, 0.25) is 5.91 Å². The molecule has 1 aromatic rings. The molecule has 2 N–H and O–H groups in total. The fourth-order valence-electron chi connectivity index (χ4n) is 2.58. The topological polar surface area (TPSA) is 60.0 Å². The van der Waals surface area contributed by atoms with E-state index in [0.717, 1.165) is 6.42 Å². The summed E-state index contributed by atoms with van der Waals surface area (Å²) in [5.74, 6) is -0.699. The molecule has 0 bridgehead atoms. The molecule has 24 heavy (non-hydrogen) atoms. The quantitative estimate of drug-likeness (QED) is 0.629. The van der Waals surface area contributed by atoms with Gasteiger partial charge >= 0.3 is 0 Å². The molecule has 0 saturated carbocycles. The fraction of sp³-hybridized carbons (Fsp3) is 0.500. The Hall–Kier alpha value is -2.38. The Kier molecular flexibility index (Phi) is 5.94. The summed E-state index contributed by atoms with van der Waals surface area (Å²) in [5, 5.41) is 6.12. The average Bonchev–Trinajstić information content (AvgIpc) is 2.98. The highest BCUT2D eigenvalue weighted by Crippen LogP contribution is 2.26. The SMILES string of the molecule is CN=C(NCC(=O)N(C)C)NC1CCN(c2c(F)cccc2F)C1. The van der Waals surface area contributed by atoms with Gasteiger partial charge in [-0.3, -0.25) is 9.79 Å². The molecule has 0 aliphatic carbocycles. The van der Waals surface area contributed by atoms with E-state index in [4.69, 9.17) is 0 Å². The number of halogens is 2. The molecule has 1 fully saturated rings. The molecule has 1 unspecified atom stereocenters. The van der Waals surface area contributed by atoms with Crippen molar-refractivity contribution in [2.24, 2.45) is 4.99 Å². The van der Waals surface area contributed by atoms with Crippen molar-refractivity contribution in [2.45, 2.75) is 12.5 Å². The van der Waals surface area contributed by atoms with Crippen molar-refractivity contribution in [3.63, 3.8) is 0 Å². The van der Waals surface area contributed by atoms with Crippen molar-refractivity contribution < 1.29 is 13.6 Å². The minimum atomic E-state index is -0.560. The van der Waals surface area contributed by atoms with Crippen LogP contribution in [0.25, 0.3) is 0 Å². The molecule has 6 nitrogen and oxygen atoms in total. The number of nitrogens with zero attached hydrogens (tertiary/aromatic N) is 3. The summed E-state index contributed by atoms with van der Waals surface area (Å²) in [7, 11) is 4.97. The van der Waals surface area contributed by atoms with Gasteiger partial charge in [0.25, 0.3) is 0 Å². The minimum Gasteiger partial charge on any atom is -0.365 e. The van der Waals surface area contributed by atoms with Gasteiger partial charge in [0.15, 0.2) is 5.96 Å². The van der Waals surface area contributed by atoms with Crippen LogP contribution in [-0.2, 0) is 4.79 Å². The summed E-state index contributed by atoms with van der Waals surface area (Å²) in [5.41, 5.74) is 0.00697. The lowest BCUT2D eigenvalue weighted by atomic mass is 10.2. The lowest BCUT2D eigenvalue weighted by molar-refractivity contribution is -0.127. The lowest BCUT2D eigenvalue weighted by Gasteiger charge is -2.21. The second-order valence-electron chi connectivity index (χ2n) is 5.86. The lowest BCUT2D eigenvalue weighted by Crippen LogP contribution is -2.47. The number of amides is 1. The zero-order valence-electron chi connectivity index (χ0n) is 14.1. The van der Waals surface area contributed by atoms with Crippen LogP contribution >= 0.6 is 0 Å². The summed E-state index contributed by atoms with van der Waals surface area (Å²) in [6, 6.07) is 3.86. The van der Waals surface area contributed by atoms with Crippen LogP contribution in [-0.4, -0.2) is 63.6 Å². The van der Waals surface area contributed by atoms with Crippen LogP contribution in [0.5, 0.6) is 0 Å². The Morgan fingerprint density at radius 3 is 2.62 bits per heavy atom. The first-order valence-corrected chi connectivity index (χ1v) is 7.78. The molecule has 8 heteroatoms. The zero-order valence-corrected chi connectivity index (χ0v) is 14.1. The van der Waals surface area contributed by atoms with Gasteiger partial charge in [0.05, 0.1) is 6.54 Å². The van der Waals surface area contributed by atoms with Crippen LogP contribution in [0.4, 0.5) is 14.5 Å². The molecule has 1 saturated heterocycles. The molecule has 1 aromatic carbocycles. The van der Waals surface area contributed by atoms with Gasteiger partial charge in [-0.15, -0.1) is 0 Å². The first-order valence-electron chi connectivity index (χ1n) is 7.78. The molecular formula is C16H23F2N5O. The van der Waals surface area contributed by atoms with E-state index in [9.17, 15) is 13.6 Å². The van der Waals surface area contributed by atoms with E-state index in [-0.39, 0.29) is 24.2 Å². The third-order valence-corrected chi connectivity index (χ3v) is 3.91. The number of rotatable bonds is 4. The highest BCUT2D eigenvalue weighted by atomic mass is 19.1. The average molecular weight is 339 g/mol. The van der Waals surface area contributed by atoms with Crippen molar-refractivity contribution in [3.05, 3.63) is 29.8 Å². The van der Waals surface area contributed by atoms with Crippen molar-refractivity contribution in [1.29, 1.82) is 0 Å². The number of hydrogen-bond acceptors (Lipinski definition) is 3. The van der Waals surface area contributed by atoms with Gasteiger partial charge in [-0.1, -0.05) is 6.07 Å². The summed E-state index contributed by atoms with van der Waals surface area (Å²) in [4.78, 5) is 18.8. The molecular weight excluding hydrogens is 316 g/mol. The van der Waals surface area contributed by atoms with E-state index in [0.29, 0.717) is 19.0 Å². The molecule has 1 amide bonds. The van der Waals surface area contributed by atoms with Gasteiger partial charge in [0.1, 0.15) is 17.3 Å². The van der Waals surface area contributed by atoms with Crippen LogP contribution in [0.1, 0.15) is 6.42 Å². The molecule has 1 atom stereocenters. The Balaban J connectivity index is 1.92. The van der Waals surface area contributed by atoms with E-state index >= 15 is 0 Å². The summed E-state index contributed by atoms with van der Waals surface area (Å²) >= 11 is 0. The number of anilines is 1. The van der Waals surface area contributed by atoms with Gasteiger partial charge in [-0.05, 0) is 18.6 Å². The van der Waals surface area contributed by atoms with Crippen LogP contribution in [0.15, 0.2) is 23.2 Å². The summed E-state index contributed by atoms with van der Waals surface area (Å²) in [6.45, 7) is 1.13. The smallest absolute Gasteiger partial charge is 0.241 e. The molecule has 0 radical (unpaired) electrons. The normalized spacial score (nSPS) is 17.8. The molecule has 0 aromatic heterocycles. The largest absolute Gasteiger partial charge is 0.365 e. The molecule has 1 aliphatic heterocycles. The van der Waals surface area contributed by atoms with Crippen molar-refractivity contribution in [2.75, 3.05) is 45.7 Å². The van der Waals surface area contributed by atoms with E-state index in [1.807, 2.05) is 0 Å². The third kappa shape index (κ3) is 4.33. The predicted molar refractivity (Wildman–Crippen MR) is 90.2 cm³/mol. The maximum absolute atomic E-state index is 13.9. The van der Waals surface area contributed by atoms with E-state index in [1.165, 1.54) is 23.1 Å². The number of hydrogen-bond donors (Lipinski definition) is 2. The fourth-order valence-corrected chi connectivity index (χ4v) is 2.58. The predicted octanol–water partition coefficient (Wildman–Crippen LogP) is 0.797. The Morgan fingerprint density at radius 2 is 2.04 bits per heavy atom. The maximum Gasteiger partial charge on any atom is 0.241 e. The Labute approximate surface area is 140 Å². The van der Waals surface area contributed by atoms with Crippen molar-refractivity contribution in [1.82, 2.24) is 15.5 Å². The van der Waals surface area contributed by atoms with Crippen LogP contribution in [0, 0.1) is 11.6 Å². The van der Waals surface area contributed by atoms with Crippen molar-refractivity contribution in [3.8, 4) is 0 Å². The van der Waals surface area contributed by atoms with E-state index in [1.54, 1.807) is 26.0 Å². The molecule has 1 aliphatic rings. The van der Waals surface area contributed by atoms with Crippen molar-refractivity contribution >= 4 is 17.6 Å². The van der Waals surface area contributed by atoms with E-state index in [2.05, 4.69) is 15.6 Å². The third-order valence-electron chi connectivity index (χ3n) is 3.91. The Morgan fingerprint density at radius 1 is 1.38 bits per heavy atom. The molecule has 132 valence electrons.